The Morgan fingerprint density at radius 2 is 1.24 bits per heavy atom. The van der Waals surface area contributed by atoms with Crippen LogP contribution < -0.4 is 16.4 Å². The maximum absolute atomic E-state index is 13.1. The van der Waals surface area contributed by atoms with Gasteiger partial charge < -0.3 is 16.4 Å². The van der Waals surface area contributed by atoms with Crippen molar-refractivity contribution in [2.45, 2.75) is 101 Å². The second-order valence-electron chi connectivity index (χ2n) is 12.3. The summed E-state index contributed by atoms with van der Waals surface area (Å²) in [5, 5.41) is 5.98. The van der Waals surface area contributed by atoms with Crippen LogP contribution in [-0.2, 0) is 15.0 Å². The van der Waals surface area contributed by atoms with Crippen LogP contribution in [0, 0.1) is 16.2 Å². The number of rotatable bonds is 9. The van der Waals surface area contributed by atoms with E-state index in [0.717, 1.165) is 6.42 Å². The van der Waals surface area contributed by atoms with Gasteiger partial charge in [0.25, 0.3) is 0 Å². The molecule has 0 fully saturated rings. The molecule has 0 saturated carbocycles. The summed E-state index contributed by atoms with van der Waals surface area (Å²) in [6.07, 6.45) is 2.07. The first kappa shape index (κ1) is 28.7. The first-order valence-corrected chi connectivity index (χ1v) is 11.9. The zero-order valence-electron chi connectivity index (χ0n) is 22.6. The third-order valence-corrected chi connectivity index (χ3v) is 6.56. The summed E-state index contributed by atoms with van der Waals surface area (Å²) in [7, 11) is 0. The average molecular weight is 460 g/mol. The first-order valence-electron chi connectivity index (χ1n) is 11.9. The zero-order chi connectivity index (χ0) is 26.0. The van der Waals surface area contributed by atoms with Crippen LogP contribution >= 0.6 is 0 Å². The van der Waals surface area contributed by atoms with Crippen molar-refractivity contribution in [2.75, 3.05) is 10.6 Å². The van der Waals surface area contributed by atoms with Crippen molar-refractivity contribution in [1.82, 2.24) is 0 Å². The summed E-state index contributed by atoms with van der Waals surface area (Å²) in [6, 6.07) is 3.38. The highest BCUT2D eigenvalue weighted by Gasteiger charge is 2.35. The van der Waals surface area contributed by atoms with Gasteiger partial charge in [-0.05, 0) is 47.8 Å². The van der Waals surface area contributed by atoms with Gasteiger partial charge in [0.1, 0.15) is 0 Å². The van der Waals surface area contributed by atoms with Crippen molar-refractivity contribution in [3.05, 3.63) is 23.3 Å². The summed E-state index contributed by atoms with van der Waals surface area (Å²) in [5.41, 5.74) is 6.12. The molecule has 6 nitrogen and oxygen atoms in total. The minimum Gasteiger partial charge on any atom is -0.366 e. The van der Waals surface area contributed by atoms with E-state index < -0.39 is 22.2 Å². The summed E-state index contributed by atoms with van der Waals surface area (Å²) < 4.78 is 0. The van der Waals surface area contributed by atoms with Crippen LogP contribution in [0.2, 0.25) is 0 Å². The van der Waals surface area contributed by atoms with Crippen LogP contribution in [0.4, 0.5) is 11.4 Å². The number of anilines is 2. The Hall–Kier alpha value is -2.37. The second kappa shape index (κ2) is 9.86. The number of amides is 3. The largest absolute Gasteiger partial charge is 0.366 e. The zero-order valence-corrected chi connectivity index (χ0v) is 22.6. The van der Waals surface area contributed by atoms with Gasteiger partial charge in [0.15, 0.2) is 0 Å². The van der Waals surface area contributed by atoms with Gasteiger partial charge in [0.05, 0.1) is 0 Å². The van der Waals surface area contributed by atoms with Crippen molar-refractivity contribution >= 4 is 29.1 Å². The minimum atomic E-state index is -0.595. The van der Waals surface area contributed by atoms with Crippen LogP contribution in [-0.4, -0.2) is 17.7 Å². The van der Waals surface area contributed by atoms with E-state index in [4.69, 9.17) is 5.73 Å². The smallest absolute Gasteiger partial charge is 0.249 e. The molecule has 6 heteroatoms. The molecule has 3 amide bonds. The molecular weight excluding hydrogens is 414 g/mol. The highest BCUT2D eigenvalue weighted by molar-refractivity contribution is 6.03. The van der Waals surface area contributed by atoms with Crippen molar-refractivity contribution < 1.29 is 14.4 Å². The van der Waals surface area contributed by atoms with E-state index in [1.807, 2.05) is 41.5 Å². The van der Waals surface area contributed by atoms with E-state index in [1.54, 1.807) is 12.1 Å². The molecule has 1 aromatic rings. The summed E-state index contributed by atoms with van der Waals surface area (Å²) >= 11 is 0. The average Bonchev–Trinajstić information content (AvgIpc) is 2.65. The van der Waals surface area contributed by atoms with Crippen LogP contribution in [0.1, 0.15) is 111 Å². The molecule has 4 N–H and O–H groups in total. The van der Waals surface area contributed by atoms with Crippen LogP contribution in [0.3, 0.4) is 0 Å². The minimum absolute atomic E-state index is 0.0274. The van der Waals surface area contributed by atoms with E-state index in [-0.39, 0.29) is 17.2 Å². The molecule has 0 aliphatic rings. The monoisotopic (exact) mass is 459 g/mol. The highest BCUT2D eigenvalue weighted by Crippen LogP contribution is 2.43. The number of benzene rings is 1. The molecule has 0 saturated heterocycles. The normalized spacial score (nSPS) is 12.9. The van der Waals surface area contributed by atoms with E-state index in [9.17, 15) is 14.4 Å². The number of hydrogen-bond acceptors (Lipinski definition) is 3. The molecule has 0 heterocycles. The summed E-state index contributed by atoms with van der Waals surface area (Å²) in [6.45, 7) is 21.9. The second-order valence-corrected chi connectivity index (χ2v) is 12.3. The van der Waals surface area contributed by atoms with Gasteiger partial charge in [0.2, 0.25) is 17.7 Å². The molecular formula is C27H45N3O3. The Morgan fingerprint density at radius 1 is 0.788 bits per heavy atom. The number of hydrogen-bond donors (Lipinski definition) is 3. The topological polar surface area (TPSA) is 101 Å². The van der Waals surface area contributed by atoms with Gasteiger partial charge in [-0.25, -0.2) is 0 Å². The molecule has 0 aliphatic carbocycles. The SMILES string of the molecule is CCC(C)(C)C(=O)Nc1cc(NC(=O)C(C)(C)CC)c(C(C)(C)CC(C)(C)C)c(C(N)=O)c1. The first-order chi connectivity index (χ1) is 14.8. The number of carbonyl (C=O) groups is 3. The van der Waals surface area contributed by atoms with Gasteiger partial charge >= 0.3 is 0 Å². The Kier molecular flexibility index (Phi) is 8.56. The molecule has 1 rings (SSSR count). The third-order valence-electron chi connectivity index (χ3n) is 6.56. The number of carbonyl (C=O) groups excluding carboxylic acids is 3. The molecule has 0 bridgehead atoms. The van der Waals surface area contributed by atoms with E-state index in [0.29, 0.717) is 35.3 Å². The fourth-order valence-electron chi connectivity index (χ4n) is 4.06. The molecule has 0 unspecified atom stereocenters. The number of primary amides is 1. The lowest BCUT2D eigenvalue weighted by Crippen LogP contribution is -2.34. The predicted molar refractivity (Wildman–Crippen MR) is 137 cm³/mol. The fraction of sp³-hybridized carbons (Fsp3) is 0.667. The molecule has 186 valence electrons. The molecule has 0 atom stereocenters. The number of nitrogens with two attached hydrogens (primary N) is 1. The Labute approximate surface area is 200 Å². The maximum atomic E-state index is 13.1. The van der Waals surface area contributed by atoms with Crippen LogP contribution in [0.25, 0.3) is 0 Å². The summed E-state index contributed by atoms with van der Waals surface area (Å²) in [5.74, 6) is -0.901. The molecule has 1 aromatic carbocycles. The number of nitrogens with one attached hydrogen (secondary N) is 2. The molecule has 33 heavy (non-hydrogen) atoms. The lowest BCUT2D eigenvalue weighted by Gasteiger charge is -2.36. The Morgan fingerprint density at radius 3 is 1.64 bits per heavy atom. The van der Waals surface area contributed by atoms with Crippen LogP contribution in [0.5, 0.6) is 0 Å². The predicted octanol–water partition coefficient (Wildman–Crippen LogP) is 6.25. The van der Waals surface area contributed by atoms with Crippen molar-refractivity contribution in [1.29, 1.82) is 0 Å². The van der Waals surface area contributed by atoms with Gasteiger partial charge in [-0.1, -0.05) is 76.2 Å². The third kappa shape index (κ3) is 7.31. The Balaban J connectivity index is 3.78. The van der Waals surface area contributed by atoms with Crippen molar-refractivity contribution in [3.63, 3.8) is 0 Å². The molecule has 0 spiro atoms. The fourth-order valence-corrected chi connectivity index (χ4v) is 4.06. The summed E-state index contributed by atoms with van der Waals surface area (Å²) in [4.78, 5) is 38.6. The standard InChI is InChI=1S/C27H45N3O3/c1-12-25(6,7)22(32)29-17-14-18(21(28)31)20(27(10,11)16-24(3,4)5)19(15-17)30-23(33)26(8,9)13-2/h14-15H,12-13,16H2,1-11H3,(H2,28,31)(H,29,32)(H,30,33). The Bertz CT molecular complexity index is 906. The van der Waals surface area contributed by atoms with E-state index >= 15 is 0 Å². The highest BCUT2D eigenvalue weighted by atomic mass is 16.2. The molecule has 0 aliphatic heterocycles. The molecule has 0 radical (unpaired) electrons. The van der Waals surface area contributed by atoms with Gasteiger partial charge in [0, 0.05) is 27.8 Å². The van der Waals surface area contributed by atoms with Gasteiger partial charge in [-0.15, -0.1) is 0 Å². The molecule has 0 aromatic heterocycles. The maximum Gasteiger partial charge on any atom is 0.249 e. The van der Waals surface area contributed by atoms with E-state index in [1.165, 1.54) is 0 Å². The lowest BCUT2D eigenvalue weighted by atomic mass is 9.70. The lowest BCUT2D eigenvalue weighted by molar-refractivity contribution is -0.124. The van der Waals surface area contributed by atoms with Crippen molar-refractivity contribution in [3.8, 4) is 0 Å². The van der Waals surface area contributed by atoms with Crippen LogP contribution in [0.15, 0.2) is 12.1 Å². The van der Waals surface area contributed by atoms with Gasteiger partial charge in [-0.3, -0.25) is 14.4 Å². The quantitative estimate of drug-likeness (QED) is 0.407. The van der Waals surface area contributed by atoms with Gasteiger partial charge in [-0.2, -0.15) is 0 Å². The van der Waals surface area contributed by atoms with E-state index in [2.05, 4.69) is 45.3 Å². The van der Waals surface area contributed by atoms with Crippen molar-refractivity contribution in [2.24, 2.45) is 22.0 Å².